The molecule has 1 aromatic carbocycles. The molecule has 244 valence electrons. The number of nitrogens with zero attached hydrogens (tertiary/aromatic N) is 4. The highest BCUT2D eigenvalue weighted by Gasteiger charge is 2.41. The van der Waals surface area contributed by atoms with Crippen molar-refractivity contribution in [3.63, 3.8) is 0 Å². The third-order valence-electron chi connectivity index (χ3n) is 6.83. The van der Waals surface area contributed by atoms with Gasteiger partial charge < -0.3 is 20.3 Å². The predicted octanol–water partition coefficient (Wildman–Crippen LogP) is 6.71. The Morgan fingerprint density at radius 2 is 1.64 bits per heavy atom. The van der Waals surface area contributed by atoms with Crippen LogP contribution in [0.3, 0.4) is 0 Å². The van der Waals surface area contributed by atoms with Crippen LogP contribution in [0.5, 0.6) is 5.75 Å². The first-order chi connectivity index (χ1) is 20.9. The Morgan fingerprint density at radius 1 is 1.00 bits per heavy atom. The number of halogens is 9. The molecule has 0 aliphatic carbocycles. The van der Waals surface area contributed by atoms with Gasteiger partial charge in [-0.15, -0.1) is 0 Å². The van der Waals surface area contributed by atoms with Crippen LogP contribution in [0.1, 0.15) is 59.6 Å². The maximum atomic E-state index is 13.5. The first kappa shape index (κ1) is 33.5. The molecule has 0 saturated heterocycles. The fourth-order valence-electron chi connectivity index (χ4n) is 4.86. The third-order valence-corrected chi connectivity index (χ3v) is 6.83. The van der Waals surface area contributed by atoms with Crippen LogP contribution in [0.2, 0.25) is 0 Å². The summed E-state index contributed by atoms with van der Waals surface area (Å²) in [6.45, 7) is 0.820. The number of aromatic nitrogens is 3. The number of hydrogen-bond donors (Lipinski definition) is 3. The lowest BCUT2D eigenvalue weighted by molar-refractivity contribution is -0.143. The van der Waals surface area contributed by atoms with Crippen molar-refractivity contribution < 1.29 is 59.3 Å². The van der Waals surface area contributed by atoms with Gasteiger partial charge in [-0.1, -0.05) is 6.92 Å². The van der Waals surface area contributed by atoms with Crippen molar-refractivity contribution in [2.75, 3.05) is 23.4 Å². The van der Waals surface area contributed by atoms with Gasteiger partial charge >= 0.3 is 24.6 Å². The second kappa shape index (κ2) is 12.6. The first-order valence-electron chi connectivity index (χ1n) is 13.2. The Labute approximate surface area is 248 Å². The number of rotatable bonds is 8. The summed E-state index contributed by atoms with van der Waals surface area (Å²) in [6.07, 6.45) is -16.0. The SMILES string of the molecule is CC[C@@H]1C[C@H](Nc2ncc(OCCO)c(Cc3cc(C(F)(F)F)cc(C(F)(F)F)c3)n2)c2nc(C(F)(F)F)ccc2N1C(=O)O. The van der Waals surface area contributed by atoms with Crippen LogP contribution in [0.15, 0.2) is 36.5 Å². The molecule has 3 aromatic rings. The second-order valence-electron chi connectivity index (χ2n) is 9.91. The van der Waals surface area contributed by atoms with Gasteiger partial charge in [-0.25, -0.2) is 19.7 Å². The van der Waals surface area contributed by atoms with Crippen LogP contribution in [0.25, 0.3) is 0 Å². The fourth-order valence-corrected chi connectivity index (χ4v) is 4.86. The number of alkyl halides is 9. The molecule has 45 heavy (non-hydrogen) atoms. The largest absolute Gasteiger partial charge is 0.488 e. The number of carboxylic acid groups (broad SMARTS) is 1. The van der Waals surface area contributed by atoms with E-state index in [0.717, 1.165) is 17.2 Å². The van der Waals surface area contributed by atoms with Crippen molar-refractivity contribution in [1.82, 2.24) is 15.0 Å². The van der Waals surface area contributed by atoms with E-state index in [1.54, 1.807) is 6.92 Å². The number of aliphatic hydroxyl groups is 1. The molecule has 3 N–H and O–H groups in total. The Balaban J connectivity index is 1.77. The van der Waals surface area contributed by atoms with E-state index in [-0.39, 0.29) is 54.3 Å². The average molecular weight is 654 g/mol. The highest BCUT2D eigenvalue weighted by atomic mass is 19.4. The van der Waals surface area contributed by atoms with E-state index in [1.165, 1.54) is 0 Å². The predicted molar refractivity (Wildman–Crippen MR) is 139 cm³/mol. The highest BCUT2D eigenvalue weighted by Crippen LogP contribution is 2.41. The van der Waals surface area contributed by atoms with Crippen molar-refractivity contribution in [3.05, 3.63) is 70.3 Å². The van der Waals surface area contributed by atoms with Gasteiger partial charge in [0.25, 0.3) is 0 Å². The van der Waals surface area contributed by atoms with E-state index in [2.05, 4.69) is 20.3 Å². The molecule has 18 heteroatoms. The van der Waals surface area contributed by atoms with Gasteiger partial charge in [-0.3, -0.25) is 4.90 Å². The lowest BCUT2D eigenvalue weighted by atomic mass is 9.93. The van der Waals surface area contributed by atoms with E-state index in [0.29, 0.717) is 18.2 Å². The molecule has 1 amide bonds. The molecule has 1 aliphatic heterocycles. The van der Waals surface area contributed by atoms with E-state index in [9.17, 15) is 49.4 Å². The number of nitrogens with one attached hydrogen (secondary N) is 1. The Bertz CT molecular complexity index is 1510. The van der Waals surface area contributed by atoms with Crippen LogP contribution < -0.4 is 15.0 Å². The van der Waals surface area contributed by atoms with Crippen molar-refractivity contribution in [1.29, 1.82) is 0 Å². The molecule has 0 radical (unpaired) electrons. The Morgan fingerprint density at radius 3 is 2.18 bits per heavy atom. The zero-order valence-electron chi connectivity index (χ0n) is 23.1. The fraction of sp³-hybridized carbons (Fsp3) is 0.407. The smallest absolute Gasteiger partial charge is 0.433 e. The number of ether oxygens (including phenoxy) is 1. The minimum absolute atomic E-state index is 0.0348. The molecule has 0 spiro atoms. The maximum Gasteiger partial charge on any atom is 0.433 e. The van der Waals surface area contributed by atoms with E-state index in [4.69, 9.17) is 9.84 Å². The van der Waals surface area contributed by atoms with Crippen LogP contribution in [0.4, 0.5) is 55.9 Å². The molecular weight excluding hydrogens is 629 g/mol. The van der Waals surface area contributed by atoms with Crippen LogP contribution in [0, 0.1) is 0 Å². The number of benzene rings is 1. The zero-order chi connectivity index (χ0) is 33.3. The summed E-state index contributed by atoms with van der Waals surface area (Å²) in [4.78, 5) is 24.8. The van der Waals surface area contributed by atoms with Gasteiger partial charge in [-0.05, 0) is 48.7 Å². The van der Waals surface area contributed by atoms with E-state index < -0.39 is 72.1 Å². The molecule has 2 atom stereocenters. The summed E-state index contributed by atoms with van der Waals surface area (Å²) in [5, 5.41) is 21.7. The lowest BCUT2D eigenvalue weighted by Gasteiger charge is -2.38. The topological polar surface area (TPSA) is 121 Å². The monoisotopic (exact) mass is 653 g/mol. The summed E-state index contributed by atoms with van der Waals surface area (Å²) in [6, 6.07) is 0.774. The van der Waals surface area contributed by atoms with Gasteiger partial charge in [0.2, 0.25) is 5.95 Å². The van der Waals surface area contributed by atoms with Gasteiger partial charge in [0.05, 0.1) is 47.0 Å². The van der Waals surface area contributed by atoms with E-state index >= 15 is 0 Å². The summed E-state index contributed by atoms with van der Waals surface area (Å²) in [5.74, 6) is -0.497. The second-order valence-corrected chi connectivity index (χ2v) is 9.91. The first-order valence-corrected chi connectivity index (χ1v) is 13.2. The number of pyridine rings is 1. The summed E-state index contributed by atoms with van der Waals surface area (Å²) < 4.78 is 126. The summed E-state index contributed by atoms with van der Waals surface area (Å²) in [7, 11) is 0. The zero-order valence-corrected chi connectivity index (χ0v) is 23.1. The number of carbonyl (C=O) groups is 1. The van der Waals surface area contributed by atoms with Crippen LogP contribution in [-0.4, -0.2) is 50.5 Å². The molecule has 2 aromatic heterocycles. The standard InChI is InChI=1S/C27H24F9N5O4/c1-2-16-11-18(22-19(41(16)24(43)44)3-4-21(40-22)27(34,35)36)39-23-37-12-20(45-6-5-42)17(38-23)9-13-7-14(25(28,29)30)10-15(8-13)26(31,32)33/h3-4,7-8,10,12,16,18,42H,2,5-6,9,11H2,1H3,(H,43,44)(H,37,38,39)/t16-,18+/m1/s1. The van der Waals surface area contributed by atoms with Gasteiger partial charge in [0.15, 0.2) is 5.75 Å². The molecule has 0 bridgehead atoms. The molecule has 9 nitrogen and oxygen atoms in total. The average Bonchev–Trinajstić information content (AvgIpc) is 2.94. The molecule has 1 aliphatic rings. The summed E-state index contributed by atoms with van der Waals surface area (Å²) in [5.41, 5.74) is -5.49. The number of fused-ring (bicyclic) bond motifs is 1. The molecule has 0 unspecified atom stereocenters. The molecule has 3 heterocycles. The van der Waals surface area contributed by atoms with Crippen molar-refractivity contribution in [2.45, 2.75) is 56.8 Å². The minimum atomic E-state index is -5.11. The van der Waals surface area contributed by atoms with E-state index in [1.807, 2.05) is 0 Å². The minimum Gasteiger partial charge on any atom is -0.488 e. The van der Waals surface area contributed by atoms with Crippen LogP contribution in [-0.2, 0) is 24.9 Å². The Hall–Kier alpha value is -4.35. The third kappa shape index (κ3) is 7.66. The quantitative estimate of drug-likeness (QED) is 0.230. The summed E-state index contributed by atoms with van der Waals surface area (Å²) >= 11 is 0. The molecular formula is C27H24F9N5O4. The lowest BCUT2D eigenvalue weighted by Crippen LogP contribution is -2.45. The van der Waals surface area contributed by atoms with Gasteiger partial charge in [-0.2, -0.15) is 39.5 Å². The maximum absolute atomic E-state index is 13.5. The van der Waals surface area contributed by atoms with Crippen molar-refractivity contribution in [2.24, 2.45) is 0 Å². The number of hydrogen-bond acceptors (Lipinski definition) is 7. The van der Waals surface area contributed by atoms with Crippen LogP contribution >= 0.6 is 0 Å². The van der Waals surface area contributed by atoms with Crippen molar-refractivity contribution in [3.8, 4) is 5.75 Å². The highest BCUT2D eigenvalue weighted by molar-refractivity contribution is 5.88. The van der Waals surface area contributed by atoms with Gasteiger partial charge in [0.1, 0.15) is 12.3 Å². The normalized spacial score (nSPS) is 17.2. The molecule has 4 rings (SSSR count). The van der Waals surface area contributed by atoms with Gasteiger partial charge in [0, 0.05) is 12.5 Å². The Kier molecular flexibility index (Phi) is 9.37. The molecule has 0 fully saturated rings. The number of anilines is 2. The molecule has 0 saturated carbocycles. The number of aliphatic hydroxyl groups excluding tert-OH is 1. The number of amides is 1. The van der Waals surface area contributed by atoms with Crippen molar-refractivity contribution >= 4 is 17.7 Å².